The lowest BCUT2D eigenvalue weighted by atomic mass is 9.59. The van der Waals surface area contributed by atoms with Crippen molar-refractivity contribution in [1.29, 1.82) is 0 Å². The molecular weight excluding hydrogens is 534 g/mol. The van der Waals surface area contributed by atoms with Crippen LogP contribution in [0.15, 0.2) is 0 Å². The van der Waals surface area contributed by atoms with Crippen LogP contribution in [0, 0.1) is 50.7 Å². The lowest BCUT2D eigenvalue weighted by molar-refractivity contribution is -0.177. The molecule has 1 aliphatic carbocycles. The van der Waals surface area contributed by atoms with E-state index in [9.17, 15) is 9.59 Å². The van der Waals surface area contributed by atoms with Crippen molar-refractivity contribution in [2.45, 2.75) is 175 Å². The molecule has 0 radical (unpaired) electrons. The number of hydrogen-bond donors (Lipinski definition) is 1. The fourth-order valence-corrected chi connectivity index (χ4v) is 6.91. The number of carbonyl (C=O) groups is 2. The van der Waals surface area contributed by atoms with Gasteiger partial charge in [0.05, 0.1) is 11.5 Å². The Morgan fingerprint density at radius 3 is 1.37 bits per heavy atom. The maximum absolute atomic E-state index is 13.4. The molecule has 0 aliphatic heterocycles. The lowest BCUT2D eigenvalue weighted by Gasteiger charge is -2.51. The van der Waals surface area contributed by atoms with Crippen LogP contribution in [-0.4, -0.2) is 36.7 Å². The Balaban J connectivity index is 0.000000942. The molecule has 4 atom stereocenters. The summed E-state index contributed by atoms with van der Waals surface area (Å²) < 4.78 is 11.8. The molecule has 5 heteroatoms. The highest BCUT2D eigenvalue weighted by Crippen LogP contribution is 2.50. The standard InChI is InChI=1S/C24H47NO2.C14H28O2/c1-16-13-17(22(5,6)7)19(18(14-16)23(8,9)10)27-20(26)24(11,25-12)15-21(2,3)4;1-10(2)14(8,9-13(5,6)7)12(15)16-11(3)4/h16-19,25H,13-15H2,1-12H3;10-11H,9H2,1-8H3. The van der Waals surface area contributed by atoms with E-state index >= 15 is 0 Å². The number of ether oxygens (including phenoxy) is 2. The zero-order chi connectivity index (χ0) is 34.6. The number of carbonyl (C=O) groups excluding carboxylic acids is 2. The number of nitrogens with one attached hydrogen (secondary N) is 1. The SMILES string of the molecule is CC(C)OC(=O)C(C)(CC(C)(C)C)C(C)C.CNC(C)(CC(C)(C)C)C(=O)OC1C(C(C)(C)C)CC(C)CC1C(C)(C)C. The Kier molecular flexibility index (Phi) is 14.6. The van der Waals surface area contributed by atoms with Gasteiger partial charge >= 0.3 is 11.9 Å². The van der Waals surface area contributed by atoms with Crippen LogP contribution < -0.4 is 5.32 Å². The molecule has 1 N–H and O–H groups in total. The molecule has 0 bridgehead atoms. The summed E-state index contributed by atoms with van der Waals surface area (Å²) in [5.74, 6) is 1.56. The molecule has 0 heterocycles. The largest absolute Gasteiger partial charge is 0.463 e. The quantitative estimate of drug-likeness (QED) is 0.277. The predicted octanol–water partition coefficient (Wildman–Crippen LogP) is 10.1. The van der Waals surface area contributed by atoms with E-state index in [0.717, 1.165) is 25.7 Å². The highest BCUT2D eigenvalue weighted by molar-refractivity contribution is 5.80. The van der Waals surface area contributed by atoms with Crippen molar-refractivity contribution in [3.63, 3.8) is 0 Å². The van der Waals surface area contributed by atoms with Gasteiger partial charge in [-0.25, -0.2) is 0 Å². The maximum atomic E-state index is 13.4. The van der Waals surface area contributed by atoms with E-state index < -0.39 is 5.54 Å². The molecule has 0 saturated heterocycles. The van der Waals surface area contributed by atoms with Gasteiger partial charge in [0.15, 0.2) is 0 Å². The average molecular weight is 610 g/mol. The summed E-state index contributed by atoms with van der Waals surface area (Å²) in [6.45, 7) is 41.1. The molecule has 0 aromatic heterocycles. The Bertz CT molecular complexity index is 856. The smallest absolute Gasteiger partial charge is 0.326 e. The third-order valence-electron chi connectivity index (χ3n) is 9.44. The van der Waals surface area contributed by atoms with Crippen LogP contribution in [0.2, 0.25) is 0 Å². The van der Waals surface area contributed by atoms with Crippen LogP contribution in [0.3, 0.4) is 0 Å². The molecule has 1 aliphatic rings. The minimum Gasteiger partial charge on any atom is -0.463 e. The van der Waals surface area contributed by atoms with Crippen LogP contribution >= 0.6 is 0 Å². The first-order valence-corrected chi connectivity index (χ1v) is 17.0. The van der Waals surface area contributed by atoms with Crippen molar-refractivity contribution in [1.82, 2.24) is 5.32 Å². The zero-order valence-corrected chi connectivity index (χ0v) is 32.4. The van der Waals surface area contributed by atoms with Crippen molar-refractivity contribution >= 4 is 11.9 Å². The normalized spacial score (nSPS) is 24.9. The molecular formula is C38H75NO4. The summed E-state index contributed by atoms with van der Waals surface area (Å²) in [4.78, 5) is 25.6. The third kappa shape index (κ3) is 13.4. The summed E-state index contributed by atoms with van der Waals surface area (Å²) >= 11 is 0. The Morgan fingerprint density at radius 1 is 0.698 bits per heavy atom. The molecule has 43 heavy (non-hydrogen) atoms. The molecule has 0 aromatic rings. The summed E-state index contributed by atoms with van der Waals surface area (Å²) in [5.41, 5.74) is -0.638. The Hall–Kier alpha value is -1.10. The molecule has 0 aromatic carbocycles. The van der Waals surface area contributed by atoms with Crippen molar-refractivity contribution in [2.75, 3.05) is 7.05 Å². The second-order valence-electron chi connectivity index (χ2n) is 19.5. The van der Waals surface area contributed by atoms with Gasteiger partial charge in [-0.2, -0.15) is 0 Å². The van der Waals surface area contributed by atoms with E-state index in [1.54, 1.807) is 0 Å². The van der Waals surface area contributed by atoms with Gasteiger partial charge in [-0.3, -0.25) is 9.59 Å². The van der Waals surface area contributed by atoms with Crippen LogP contribution in [-0.2, 0) is 19.1 Å². The highest BCUT2D eigenvalue weighted by atomic mass is 16.5. The molecule has 1 fully saturated rings. The molecule has 1 rings (SSSR count). The van der Waals surface area contributed by atoms with E-state index in [1.807, 2.05) is 34.7 Å². The van der Waals surface area contributed by atoms with Crippen molar-refractivity contribution < 1.29 is 19.1 Å². The van der Waals surface area contributed by atoms with Crippen molar-refractivity contribution in [3.8, 4) is 0 Å². The van der Waals surface area contributed by atoms with E-state index in [2.05, 4.69) is 109 Å². The van der Waals surface area contributed by atoms with Gasteiger partial charge in [-0.15, -0.1) is 0 Å². The Labute approximate surface area is 268 Å². The van der Waals surface area contributed by atoms with E-state index in [-0.39, 0.29) is 57.1 Å². The van der Waals surface area contributed by atoms with E-state index in [0.29, 0.717) is 17.8 Å². The third-order valence-corrected chi connectivity index (χ3v) is 9.44. The maximum Gasteiger partial charge on any atom is 0.326 e. The minimum atomic E-state index is -0.661. The van der Waals surface area contributed by atoms with E-state index in [4.69, 9.17) is 9.47 Å². The van der Waals surface area contributed by atoms with E-state index in [1.165, 1.54) is 0 Å². The van der Waals surface area contributed by atoms with Gasteiger partial charge < -0.3 is 14.8 Å². The monoisotopic (exact) mass is 610 g/mol. The summed E-state index contributed by atoms with van der Waals surface area (Å²) in [5, 5.41) is 3.27. The first kappa shape index (κ1) is 41.9. The van der Waals surface area contributed by atoms with Crippen molar-refractivity contribution in [3.05, 3.63) is 0 Å². The fraction of sp³-hybridized carbons (Fsp3) is 0.947. The molecule has 0 amide bonds. The summed E-state index contributed by atoms with van der Waals surface area (Å²) in [6.07, 6.45) is 3.79. The highest BCUT2D eigenvalue weighted by Gasteiger charge is 2.50. The van der Waals surface area contributed by atoms with Gasteiger partial charge in [0.2, 0.25) is 0 Å². The van der Waals surface area contributed by atoms with Gasteiger partial charge in [0.25, 0.3) is 0 Å². The molecule has 5 nitrogen and oxygen atoms in total. The minimum absolute atomic E-state index is 0.0265. The first-order valence-electron chi connectivity index (χ1n) is 17.0. The molecule has 0 spiro atoms. The van der Waals surface area contributed by atoms with Crippen LogP contribution in [0.1, 0.15) is 157 Å². The predicted molar refractivity (Wildman–Crippen MR) is 184 cm³/mol. The lowest BCUT2D eigenvalue weighted by Crippen LogP contribution is -2.56. The second-order valence-corrected chi connectivity index (χ2v) is 19.5. The topological polar surface area (TPSA) is 64.6 Å². The second kappa shape index (κ2) is 15.0. The number of hydrogen-bond acceptors (Lipinski definition) is 5. The number of rotatable bonds is 8. The molecule has 1 saturated carbocycles. The van der Waals surface area contributed by atoms with Gasteiger partial charge in [-0.05, 0) is 93.9 Å². The van der Waals surface area contributed by atoms with Crippen LogP contribution in [0.25, 0.3) is 0 Å². The average Bonchev–Trinajstić information content (AvgIpc) is 2.75. The van der Waals surface area contributed by atoms with Crippen molar-refractivity contribution in [2.24, 2.45) is 50.7 Å². The number of likely N-dealkylation sites (N-methyl/N-ethyl adjacent to an activating group) is 1. The van der Waals surface area contributed by atoms with Crippen LogP contribution in [0.5, 0.6) is 0 Å². The van der Waals surface area contributed by atoms with Crippen LogP contribution in [0.4, 0.5) is 0 Å². The fourth-order valence-electron chi connectivity index (χ4n) is 6.91. The molecule has 256 valence electrons. The van der Waals surface area contributed by atoms with Gasteiger partial charge in [0.1, 0.15) is 11.6 Å². The van der Waals surface area contributed by atoms with Gasteiger partial charge in [-0.1, -0.05) is 104 Å². The summed E-state index contributed by atoms with van der Waals surface area (Å²) in [6, 6.07) is 0. The van der Waals surface area contributed by atoms with Gasteiger partial charge in [0, 0.05) is 11.8 Å². The zero-order valence-electron chi connectivity index (χ0n) is 32.4. The Morgan fingerprint density at radius 2 is 1.09 bits per heavy atom. The molecule has 4 unspecified atom stereocenters. The number of esters is 2. The summed E-state index contributed by atoms with van der Waals surface area (Å²) in [7, 11) is 1.87. The first-order chi connectivity index (χ1) is 18.9.